The van der Waals surface area contributed by atoms with Crippen LogP contribution in [0.3, 0.4) is 0 Å². The number of nitrogens with one attached hydrogen (secondary N) is 1. The van der Waals surface area contributed by atoms with E-state index in [9.17, 15) is 18.0 Å². The average Bonchev–Trinajstić information content (AvgIpc) is 3.19. The minimum Gasteiger partial charge on any atom is -0.479 e. The summed E-state index contributed by atoms with van der Waals surface area (Å²) in [7, 11) is -2.81. The fourth-order valence-electron chi connectivity index (χ4n) is 3.71. The lowest BCUT2D eigenvalue weighted by atomic mass is 10.0. The van der Waals surface area contributed by atoms with Crippen LogP contribution in [0.25, 0.3) is 11.1 Å². The summed E-state index contributed by atoms with van der Waals surface area (Å²) in [5.41, 5.74) is 1.98. The molecule has 1 amide bonds. The zero-order chi connectivity index (χ0) is 25.4. The minimum atomic E-state index is -4.26. The summed E-state index contributed by atoms with van der Waals surface area (Å²) in [6.45, 7) is 3.87. The maximum atomic E-state index is 13.2. The van der Waals surface area contributed by atoms with Gasteiger partial charge in [-0.3, -0.25) is 4.79 Å². The van der Waals surface area contributed by atoms with Gasteiger partial charge in [0.15, 0.2) is 6.29 Å². The highest BCUT2D eigenvalue weighted by molar-refractivity contribution is 7.90. The first-order valence-electron chi connectivity index (χ1n) is 11.3. The standard InChI is InChI=1S/C25H29N3O6S/c1-4-6-12-23-26-24(33-3)21(17-29)28(23)16-18-13-14-20(19-10-8-7-9-11-19)22(15-18)35(31,32)27-25(30)34-5-2/h7-11,13-15,17H,4-6,12,16H2,1-3H3,(H,27,30). The van der Waals surface area contributed by atoms with Gasteiger partial charge in [-0.2, -0.15) is 4.98 Å². The number of hydrogen-bond donors (Lipinski definition) is 1. The molecule has 0 spiro atoms. The van der Waals surface area contributed by atoms with Gasteiger partial charge in [0, 0.05) is 18.5 Å². The van der Waals surface area contributed by atoms with Crippen molar-refractivity contribution >= 4 is 22.4 Å². The predicted molar refractivity (Wildman–Crippen MR) is 131 cm³/mol. The molecule has 2 aromatic carbocycles. The summed E-state index contributed by atoms with van der Waals surface area (Å²) in [4.78, 5) is 28.1. The Morgan fingerprint density at radius 1 is 1.14 bits per heavy atom. The van der Waals surface area contributed by atoms with Gasteiger partial charge in [-0.1, -0.05) is 55.8 Å². The highest BCUT2D eigenvalue weighted by atomic mass is 32.2. The Morgan fingerprint density at radius 2 is 1.89 bits per heavy atom. The molecule has 0 saturated carbocycles. The second kappa shape index (κ2) is 11.7. The molecule has 1 N–H and O–H groups in total. The summed E-state index contributed by atoms with van der Waals surface area (Å²) < 4.78 is 40.1. The van der Waals surface area contributed by atoms with Crippen molar-refractivity contribution in [3.63, 3.8) is 0 Å². The van der Waals surface area contributed by atoms with Crippen molar-refractivity contribution in [3.8, 4) is 17.0 Å². The molecule has 3 aromatic rings. The van der Waals surface area contributed by atoms with Gasteiger partial charge in [-0.25, -0.2) is 17.9 Å². The van der Waals surface area contributed by atoms with Gasteiger partial charge in [0.25, 0.3) is 10.0 Å². The van der Waals surface area contributed by atoms with Crippen molar-refractivity contribution < 1.29 is 27.5 Å². The number of rotatable bonds is 11. The zero-order valence-corrected chi connectivity index (χ0v) is 20.8. The molecule has 1 heterocycles. The lowest BCUT2D eigenvalue weighted by molar-refractivity contribution is 0.111. The Bertz CT molecular complexity index is 1290. The number of carbonyl (C=O) groups excluding carboxylic acids is 2. The van der Waals surface area contributed by atoms with E-state index in [0.717, 1.165) is 12.8 Å². The Labute approximate surface area is 205 Å². The van der Waals surface area contributed by atoms with Crippen molar-refractivity contribution in [1.29, 1.82) is 0 Å². The molecule has 0 unspecified atom stereocenters. The summed E-state index contributed by atoms with van der Waals surface area (Å²) in [6.07, 6.45) is 2.08. The highest BCUT2D eigenvalue weighted by Crippen LogP contribution is 2.29. The van der Waals surface area contributed by atoms with Crippen LogP contribution in [-0.4, -0.2) is 44.1 Å². The van der Waals surface area contributed by atoms with Gasteiger partial charge < -0.3 is 14.0 Å². The largest absolute Gasteiger partial charge is 0.479 e. The molecular formula is C25H29N3O6S. The fourth-order valence-corrected chi connectivity index (χ4v) is 4.88. The maximum absolute atomic E-state index is 13.2. The summed E-state index contributed by atoms with van der Waals surface area (Å²) in [6, 6.07) is 14.0. The van der Waals surface area contributed by atoms with E-state index in [0.29, 0.717) is 35.2 Å². The van der Waals surface area contributed by atoms with Crippen LogP contribution in [0.2, 0.25) is 0 Å². The molecule has 0 aliphatic rings. The Kier molecular flexibility index (Phi) is 8.64. The van der Waals surface area contributed by atoms with Crippen LogP contribution in [-0.2, 0) is 27.7 Å². The highest BCUT2D eigenvalue weighted by Gasteiger charge is 2.24. The number of aldehydes is 1. The number of aryl methyl sites for hydroxylation is 1. The number of sulfonamides is 1. The number of unbranched alkanes of at least 4 members (excludes halogenated alkanes) is 1. The molecule has 3 rings (SSSR count). The number of imidazole rings is 1. The van der Waals surface area contributed by atoms with Gasteiger partial charge >= 0.3 is 6.09 Å². The quantitative estimate of drug-likeness (QED) is 0.393. The molecule has 0 radical (unpaired) electrons. The van der Waals surface area contributed by atoms with Crippen LogP contribution in [0.4, 0.5) is 4.79 Å². The summed E-state index contributed by atoms with van der Waals surface area (Å²) >= 11 is 0. The van der Waals surface area contributed by atoms with Crippen LogP contribution in [0.5, 0.6) is 5.88 Å². The third-order valence-corrected chi connectivity index (χ3v) is 6.72. The third kappa shape index (κ3) is 6.07. The first kappa shape index (κ1) is 26.0. The molecular weight excluding hydrogens is 470 g/mol. The van der Waals surface area contributed by atoms with Gasteiger partial charge in [0.2, 0.25) is 5.88 Å². The van der Waals surface area contributed by atoms with Gasteiger partial charge in [0.1, 0.15) is 11.5 Å². The average molecular weight is 500 g/mol. The number of methoxy groups -OCH3 is 1. The fraction of sp³-hybridized carbons (Fsp3) is 0.320. The predicted octanol–water partition coefficient (Wildman–Crippen LogP) is 4.20. The van der Waals surface area contributed by atoms with E-state index < -0.39 is 16.1 Å². The van der Waals surface area contributed by atoms with E-state index in [1.54, 1.807) is 47.9 Å². The number of hydrogen-bond acceptors (Lipinski definition) is 7. The second-order valence-electron chi connectivity index (χ2n) is 7.75. The molecule has 10 heteroatoms. The number of nitrogens with zero attached hydrogens (tertiary/aromatic N) is 2. The molecule has 9 nitrogen and oxygen atoms in total. The SMILES string of the molecule is CCCCc1nc(OC)c(C=O)n1Cc1ccc(-c2ccccc2)c(S(=O)(=O)NC(=O)OCC)c1. The molecule has 0 bridgehead atoms. The number of carbonyl (C=O) groups is 2. The van der Waals surface area contributed by atoms with Crippen LogP contribution in [0.1, 0.15) is 48.6 Å². The monoisotopic (exact) mass is 499 g/mol. The molecule has 0 saturated heterocycles. The van der Waals surface area contributed by atoms with Gasteiger partial charge in [-0.05, 0) is 30.5 Å². The topological polar surface area (TPSA) is 117 Å². The van der Waals surface area contributed by atoms with E-state index in [1.165, 1.54) is 13.2 Å². The minimum absolute atomic E-state index is 0.0321. The van der Waals surface area contributed by atoms with E-state index in [2.05, 4.69) is 11.9 Å². The van der Waals surface area contributed by atoms with E-state index in [-0.39, 0.29) is 29.6 Å². The third-order valence-electron chi connectivity index (χ3n) is 5.37. The lowest BCUT2D eigenvalue weighted by Crippen LogP contribution is -2.31. The first-order chi connectivity index (χ1) is 16.8. The van der Waals surface area contributed by atoms with E-state index >= 15 is 0 Å². The first-order valence-corrected chi connectivity index (χ1v) is 12.8. The van der Waals surface area contributed by atoms with Gasteiger partial charge in [0.05, 0.1) is 18.6 Å². The second-order valence-corrected chi connectivity index (χ2v) is 9.40. The van der Waals surface area contributed by atoms with Crippen molar-refractivity contribution in [2.45, 2.75) is 44.6 Å². The lowest BCUT2D eigenvalue weighted by Gasteiger charge is -2.15. The number of ether oxygens (including phenoxy) is 2. The van der Waals surface area contributed by atoms with Crippen LogP contribution in [0.15, 0.2) is 53.4 Å². The molecule has 0 atom stereocenters. The Hall–Kier alpha value is -3.66. The molecule has 0 aliphatic carbocycles. The van der Waals surface area contributed by atoms with Gasteiger partial charge in [-0.15, -0.1) is 0 Å². The smallest absolute Gasteiger partial charge is 0.421 e. The van der Waals surface area contributed by atoms with Crippen molar-refractivity contribution in [2.75, 3.05) is 13.7 Å². The number of benzene rings is 2. The Balaban J connectivity index is 2.10. The van der Waals surface area contributed by atoms with Crippen molar-refractivity contribution in [3.05, 3.63) is 65.6 Å². The van der Waals surface area contributed by atoms with E-state index in [4.69, 9.17) is 9.47 Å². The van der Waals surface area contributed by atoms with Crippen LogP contribution < -0.4 is 9.46 Å². The normalized spacial score (nSPS) is 11.2. The molecule has 0 fully saturated rings. The molecule has 35 heavy (non-hydrogen) atoms. The number of amides is 1. The molecule has 186 valence electrons. The molecule has 1 aromatic heterocycles. The summed E-state index contributed by atoms with van der Waals surface area (Å²) in [5, 5.41) is 0. The van der Waals surface area contributed by atoms with Crippen molar-refractivity contribution in [2.24, 2.45) is 0 Å². The molecule has 0 aliphatic heterocycles. The zero-order valence-electron chi connectivity index (χ0n) is 20.0. The van der Waals surface area contributed by atoms with E-state index in [1.807, 2.05) is 10.8 Å². The van der Waals surface area contributed by atoms with Crippen LogP contribution >= 0.6 is 0 Å². The van der Waals surface area contributed by atoms with Crippen LogP contribution in [0, 0.1) is 0 Å². The Morgan fingerprint density at radius 3 is 2.51 bits per heavy atom. The number of aromatic nitrogens is 2. The summed E-state index contributed by atoms with van der Waals surface area (Å²) in [5.74, 6) is 0.899. The van der Waals surface area contributed by atoms with Crippen molar-refractivity contribution in [1.82, 2.24) is 14.3 Å². The maximum Gasteiger partial charge on any atom is 0.421 e.